The van der Waals surface area contributed by atoms with Gasteiger partial charge in [0.1, 0.15) is 11.7 Å². The molecule has 168 valence electrons. The first-order valence-electron chi connectivity index (χ1n) is 11.0. The SMILES string of the molecule is N#C/N=C1/C(Cc2c(Cl)cc(-c3ccc(F)cc3)cc2Cl)CCN1C1CCc2n[nH]cc2C1. The third-order valence-corrected chi connectivity index (χ3v) is 7.41. The zero-order valence-electron chi connectivity index (χ0n) is 17.9. The number of aliphatic imine (C=N–C) groups is 1. The van der Waals surface area contributed by atoms with Crippen molar-refractivity contribution in [1.29, 1.82) is 5.26 Å². The molecule has 5 nitrogen and oxygen atoms in total. The van der Waals surface area contributed by atoms with Gasteiger partial charge in [0.2, 0.25) is 6.19 Å². The minimum absolute atomic E-state index is 0.0714. The van der Waals surface area contributed by atoms with Crippen LogP contribution in [0.5, 0.6) is 0 Å². The van der Waals surface area contributed by atoms with Gasteiger partial charge >= 0.3 is 0 Å². The summed E-state index contributed by atoms with van der Waals surface area (Å²) in [4.78, 5) is 6.53. The summed E-state index contributed by atoms with van der Waals surface area (Å²) in [6.45, 7) is 0.853. The van der Waals surface area contributed by atoms with E-state index in [2.05, 4.69) is 20.1 Å². The van der Waals surface area contributed by atoms with Gasteiger partial charge in [-0.15, -0.1) is 0 Å². The van der Waals surface area contributed by atoms with Gasteiger partial charge in [0.25, 0.3) is 0 Å². The molecule has 1 saturated heterocycles. The second-order valence-electron chi connectivity index (χ2n) is 8.63. The third-order valence-electron chi connectivity index (χ3n) is 6.73. The highest BCUT2D eigenvalue weighted by molar-refractivity contribution is 6.36. The Morgan fingerprint density at radius 1 is 1.15 bits per heavy atom. The quantitative estimate of drug-likeness (QED) is 0.477. The van der Waals surface area contributed by atoms with Gasteiger partial charge in [0, 0.05) is 34.7 Å². The highest BCUT2D eigenvalue weighted by Crippen LogP contribution is 2.37. The van der Waals surface area contributed by atoms with Crippen molar-refractivity contribution in [2.75, 3.05) is 6.54 Å². The molecule has 1 fully saturated rings. The van der Waals surface area contributed by atoms with Crippen LogP contribution >= 0.6 is 23.2 Å². The Hall–Kier alpha value is -2.88. The topological polar surface area (TPSA) is 68.1 Å². The van der Waals surface area contributed by atoms with Crippen LogP contribution in [-0.4, -0.2) is 33.5 Å². The molecule has 2 aliphatic rings. The Labute approximate surface area is 201 Å². The standard InChI is InChI=1S/C25H22Cl2FN5/c26-22-11-17(15-1-3-19(28)4-2-15)12-23(27)21(22)10-16-7-8-33(25(16)30-14-29)20-5-6-24-18(9-20)13-31-32-24/h1-4,11-13,16,20H,5-10H2,(H,31,32)/b30-25-. The highest BCUT2D eigenvalue weighted by Gasteiger charge is 2.36. The fourth-order valence-corrected chi connectivity index (χ4v) is 5.70. The maximum Gasteiger partial charge on any atom is 0.207 e. The predicted molar refractivity (Wildman–Crippen MR) is 128 cm³/mol. The molecule has 5 rings (SSSR count). The molecule has 2 aromatic carbocycles. The van der Waals surface area contributed by atoms with Gasteiger partial charge in [-0.3, -0.25) is 5.10 Å². The monoisotopic (exact) mass is 481 g/mol. The lowest BCUT2D eigenvalue weighted by Crippen LogP contribution is -2.41. The average molecular weight is 482 g/mol. The average Bonchev–Trinajstić information content (AvgIpc) is 3.43. The van der Waals surface area contributed by atoms with Crippen LogP contribution in [0.15, 0.2) is 47.6 Å². The van der Waals surface area contributed by atoms with Gasteiger partial charge in [0.15, 0.2) is 0 Å². The number of aromatic nitrogens is 2. The Balaban J connectivity index is 1.37. The zero-order chi connectivity index (χ0) is 22.9. The fourth-order valence-electron chi connectivity index (χ4n) is 5.06. The van der Waals surface area contributed by atoms with Gasteiger partial charge < -0.3 is 4.90 Å². The lowest BCUT2D eigenvalue weighted by Gasteiger charge is -2.32. The Kier molecular flexibility index (Phi) is 6.09. The minimum atomic E-state index is -0.287. The number of halogens is 3. The number of rotatable bonds is 4. The molecular formula is C25H22Cl2FN5. The van der Waals surface area contributed by atoms with Crippen molar-refractivity contribution in [3.8, 4) is 17.3 Å². The van der Waals surface area contributed by atoms with Crippen LogP contribution in [0.1, 0.15) is 29.7 Å². The number of aromatic amines is 1. The normalized spacial score (nSPS) is 21.3. The number of benzene rings is 2. The Morgan fingerprint density at radius 3 is 2.64 bits per heavy atom. The maximum absolute atomic E-state index is 13.3. The predicted octanol–water partition coefficient (Wildman–Crippen LogP) is 5.82. The van der Waals surface area contributed by atoms with E-state index in [9.17, 15) is 9.65 Å². The second kappa shape index (κ2) is 9.17. The van der Waals surface area contributed by atoms with E-state index in [1.165, 1.54) is 17.7 Å². The molecule has 33 heavy (non-hydrogen) atoms. The molecule has 2 heterocycles. The number of fused-ring (bicyclic) bond motifs is 1. The van der Waals surface area contributed by atoms with E-state index in [-0.39, 0.29) is 11.7 Å². The van der Waals surface area contributed by atoms with Crippen LogP contribution in [0.25, 0.3) is 11.1 Å². The van der Waals surface area contributed by atoms with E-state index >= 15 is 0 Å². The first kappa shape index (κ1) is 21.9. The summed E-state index contributed by atoms with van der Waals surface area (Å²) in [5, 5.41) is 17.8. The van der Waals surface area contributed by atoms with Crippen molar-refractivity contribution in [1.82, 2.24) is 15.1 Å². The summed E-state index contributed by atoms with van der Waals surface area (Å²) < 4.78 is 13.3. The number of likely N-dealkylation sites (tertiary alicyclic amines) is 1. The third kappa shape index (κ3) is 4.36. The molecule has 0 bridgehead atoms. The van der Waals surface area contributed by atoms with E-state index < -0.39 is 0 Å². The molecule has 2 unspecified atom stereocenters. The van der Waals surface area contributed by atoms with Crippen molar-refractivity contribution in [2.24, 2.45) is 10.9 Å². The fraction of sp³-hybridized carbons (Fsp3) is 0.320. The van der Waals surface area contributed by atoms with Gasteiger partial charge in [0.05, 0.1) is 5.69 Å². The summed E-state index contributed by atoms with van der Waals surface area (Å²) in [7, 11) is 0. The molecule has 0 saturated carbocycles. The molecular weight excluding hydrogens is 460 g/mol. The van der Waals surface area contributed by atoms with Crippen molar-refractivity contribution < 1.29 is 4.39 Å². The van der Waals surface area contributed by atoms with Crippen LogP contribution in [0.4, 0.5) is 4.39 Å². The van der Waals surface area contributed by atoms with Crippen LogP contribution < -0.4 is 0 Å². The highest BCUT2D eigenvalue weighted by atomic mass is 35.5. The van der Waals surface area contributed by atoms with Crippen molar-refractivity contribution >= 4 is 29.0 Å². The Morgan fingerprint density at radius 2 is 1.91 bits per heavy atom. The van der Waals surface area contributed by atoms with Crippen LogP contribution in [0.3, 0.4) is 0 Å². The molecule has 1 N–H and O–H groups in total. The smallest absolute Gasteiger partial charge is 0.207 e. The minimum Gasteiger partial charge on any atom is -0.356 e. The molecule has 1 aliphatic carbocycles. The van der Waals surface area contributed by atoms with Gasteiger partial charge in [-0.05, 0) is 78.6 Å². The molecule has 1 aliphatic heterocycles. The number of hydrogen-bond acceptors (Lipinski definition) is 3. The summed E-state index contributed by atoms with van der Waals surface area (Å²) in [6.07, 6.45) is 8.29. The molecule has 1 aromatic heterocycles. The van der Waals surface area contributed by atoms with Crippen LogP contribution in [0.2, 0.25) is 10.0 Å². The first-order valence-corrected chi connectivity index (χ1v) is 11.8. The van der Waals surface area contributed by atoms with Crippen LogP contribution in [0, 0.1) is 23.2 Å². The van der Waals surface area contributed by atoms with E-state index in [1.807, 2.05) is 24.5 Å². The molecule has 0 amide bonds. The lowest BCUT2D eigenvalue weighted by atomic mass is 9.92. The van der Waals surface area contributed by atoms with E-state index in [4.69, 9.17) is 23.2 Å². The van der Waals surface area contributed by atoms with E-state index in [0.29, 0.717) is 22.5 Å². The number of hydrogen-bond donors (Lipinski definition) is 1. The molecule has 0 spiro atoms. The lowest BCUT2D eigenvalue weighted by molar-refractivity contribution is 0.303. The summed E-state index contributed by atoms with van der Waals surface area (Å²) in [6, 6.07) is 10.3. The number of amidine groups is 1. The second-order valence-corrected chi connectivity index (χ2v) is 9.45. The number of H-pyrrole nitrogens is 1. The summed E-state index contributed by atoms with van der Waals surface area (Å²) >= 11 is 13.3. The summed E-state index contributed by atoms with van der Waals surface area (Å²) in [5.41, 5.74) is 4.92. The van der Waals surface area contributed by atoms with Crippen molar-refractivity contribution in [3.05, 3.63) is 75.3 Å². The van der Waals surface area contributed by atoms with E-state index in [0.717, 1.165) is 60.4 Å². The largest absolute Gasteiger partial charge is 0.356 e. The number of nitrogens with zero attached hydrogens (tertiary/aromatic N) is 4. The van der Waals surface area contributed by atoms with Gasteiger partial charge in [-0.25, -0.2) is 4.39 Å². The van der Waals surface area contributed by atoms with E-state index in [1.54, 1.807) is 12.1 Å². The van der Waals surface area contributed by atoms with Crippen molar-refractivity contribution in [2.45, 2.75) is 38.1 Å². The van der Waals surface area contributed by atoms with Crippen molar-refractivity contribution in [3.63, 3.8) is 0 Å². The molecule has 2 atom stereocenters. The van der Waals surface area contributed by atoms with Crippen LogP contribution in [-0.2, 0) is 19.3 Å². The molecule has 8 heteroatoms. The van der Waals surface area contributed by atoms with Gasteiger partial charge in [-0.1, -0.05) is 35.3 Å². The molecule has 0 radical (unpaired) electrons. The Bertz CT molecular complexity index is 1220. The number of nitriles is 1. The summed E-state index contributed by atoms with van der Waals surface area (Å²) in [5.74, 6) is 0.607. The maximum atomic E-state index is 13.3. The first-order chi connectivity index (χ1) is 16.0. The zero-order valence-corrected chi connectivity index (χ0v) is 19.4. The number of aryl methyl sites for hydroxylation is 1. The van der Waals surface area contributed by atoms with Gasteiger partial charge in [-0.2, -0.15) is 15.4 Å². The molecule has 3 aromatic rings. The number of nitrogens with one attached hydrogen (secondary N) is 1.